The molecule has 1 aromatic heterocycles. The van der Waals surface area contributed by atoms with Gasteiger partial charge in [0.2, 0.25) is 5.91 Å². The number of halogens is 1. The largest absolute Gasteiger partial charge is 0.497 e. The number of likely N-dealkylation sites (tertiary alicyclic amines) is 2. The summed E-state index contributed by atoms with van der Waals surface area (Å²) in [5.74, 6) is 0.624. The van der Waals surface area contributed by atoms with E-state index in [0.29, 0.717) is 32.6 Å². The highest BCUT2D eigenvalue weighted by Gasteiger charge is 2.43. The van der Waals surface area contributed by atoms with Crippen molar-refractivity contribution in [1.82, 2.24) is 9.80 Å². The normalized spacial score (nSPS) is 18.0. The van der Waals surface area contributed by atoms with Crippen LogP contribution in [-0.4, -0.2) is 69.6 Å². The predicted octanol–water partition coefficient (Wildman–Crippen LogP) is 3.51. The number of carbonyl (C=O) groups is 2. The molecule has 0 atom stereocenters. The minimum atomic E-state index is -3.47. The van der Waals surface area contributed by atoms with Gasteiger partial charge in [0.25, 0.3) is 5.91 Å². The summed E-state index contributed by atoms with van der Waals surface area (Å²) in [6.07, 6.45) is 3.98. The van der Waals surface area contributed by atoms with Gasteiger partial charge in [0, 0.05) is 37.8 Å². The smallest absolute Gasteiger partial charge is 0.265 e. The first-order valence-electron chi connectivity index (χ1n) is 10.8. The van der Waals surface area contributed by atoms with E-state index in [1.54, 1.807) is 12.0 Å². The number of thiophene rings is 1. The van der Waals surface area contributed by atoms with E-state index >= 15 is 0 Å². The van der Waals surface area contributed by atoms with E-state index in [-0.39, 0.29) is 32.0 Å². The van der Waals surface area contributed by atoms with Crippen LogP contribution in [0.2, 0.25) is 5.02 Å². The van der Waals surface area contributed by atoms with E-state index < -0.39 is 9.84 Å². The molecule has 0 unspecified atom stereocenters. The first-order valence-corrected chi connectivity index (χ1v) is 13.9. The summed E-state index contributed by atoms with van der Waals surface area (Å²) in [7, 11) is -1.87. The van der Waals surface area contributed by atoms with Crippen LogP contribution in [-0.2, 0) is 21.1 Å². The second kappa shape index (κ2) is 9.27. The summed E-state index contributed by atoms with van der Waals surface area (Å²) in [5.41, 5.74) is 0.921. The fourth-order valence-electron chi connectivity index (χ4n) is 4.68. The van der Waals surface area contributed by atoms with Crippen LogP contribution in [0.3, 0.4) is 0 Å². The van der Waals surface area contributed by atoms with E-state index in [9.17, 15) is 18.0 Å². The summed E-state index contributed by atoms with van der Waals surface area (Å²) in [5, 5.41) is 1.45. The molecule has 2 fully saturated rings. The molecule has 0 saturated carbocycles. The predicted molar refractivity (Wildman–Crippen MR) is 128 cm³/mol. The number of rotatable bonds is 5. The van der Waals surface area contributed by atoms with Crippen LogP contribution in [0.5, 0.6) is 5.75 Å². The SMILES string of the molecule is COc1cccc(CC(=O)N2CCC3(CC2)CCN(C(=O)c2scc(S(C)(=O)=O)c2Cl)C3)c1. The molecule has 4 rings (SSSR count). The highest BCUT2D eigenvalue weighted by atomic mass is 35.5. The minimum absolute atomic E-state index is 0.00813. The number of carbonyl (C=O) groups excluding carboxylic acids is 2. The van der Waals surface area contributed by atoms with Crippen molar-refractivity contribution in [2.24, 2.45) is 5.41 Å². The quantitative estimate of drug-likeness (QED) is 0.614. The molecule has 2 amide bonds. The molecular weight excluding hydrogens is 484 g/mol. The number of piperidine rings is 1. The van der Waals surface area contributed by atoms with Crippen LogP contribution in [0, 0.1) is 5.41 Å². The van der Waals surface area contributed by atoms with Crippen LogP contribution in [0.25, 0.3) is 0 Å². The molecule has 33 heavy (non-hydrogen) atoms. The number of benzene rings is 1. The zero-order chi connectivity index (χ0) is 23.8. The summed E-state index contributed by atoms with van der Waals surface area (Å²) < 4.78 is 28.9. The van der Waals surface area contributed by atoms with E-state index in [1.165, 1.54) is 5.38 Å². The lowest BCUT2D eigenvalue weighted by molar-refractivity contribution is -0.132. The Hall–Kier alpha value is -2.10. The number of hydrogen-bond donors (Lipinski definition) is 0. The molecule has 178 valence electrons. The van der Waals surface area contributed by atoms with Crippen molar-refractivity contribution in [3.8, 4) is 5.75 Å². The van der Waals surface area contributed by atoms with Crippen LogP contribution >= 0.6 is 22.9 Å². The number of sulfone groups is 1. The molecule has 1 aromatic carbocycles. The standard InChI is InChI=1S/C23H27ClN2O5S2/c1-31-17-5-3-4-16(12-17)13-19(27)25-9-6-23(7-10-25)8-11-26(15-23)22(28)21-20(24)18(14-32-21)33(2,29)30/h3-5,12,14H,6-11,13,15H2,1-2H3. The van der Waals surface area contributed by atoms with E-state index in [1.807, 2.05) is 29.2 Å². The Labute approximate surface area is 203 Å². The van der Waals surface area contributed by atoms with Gasteiger partial charge in [-0.1, -0.05) is 23.7 Å². The molecule has 2 aliphatic rings. The first-order chi connectivity index (χ1) is 15.6. The van der Waals surface area contributed by atoms with Gasteiger partial charge in [-0.15, -0.1) is 11.3 Å². The number of methoxy groups -OCH3 is 1. The average molecular weight is 511 g/mol. The van der Waals surface area contributed by atoms with Crippen molar-refractivity contribution < 1.29 is 22.7 Å². The fourth-order valence-corrected chi connectivity index (χ4v) is 7.56. The second-order valence-corrected chi connectivity index (χ2v) is 12.1. The Morgan fingerprint density at radius 3 is 2.42 bits per heavy atom. The third-order valence-corrected chi connectivity index (χ3v) is 9.54. The Morgan fingerprint density at radius 2 is 1.82 bits per heavy atom. The van der Waals surface area contributed by atoms with Crippen LogP contribution < -0.4 is 4.74 Å². The highest BCUT2D eigenvalue weighted by Crippen LogP contribution is 2.42. The van der Waals surface area contributed by atoms with Crippen molar-refractivity contribution >= 4 is 44.6 Å². The Kier molecular flexibility index (Phi) is 6.75. The summed E-state index contributed by atoms with van der Waals surface area (Å²) in [6.45, 7) is 2.55. The zero-order valence-electron chi connectivity index (χ0n) is 18.7. The van der Waals surface area contributed by atoms with Gasteiger partial charge in [0.1, 0.15) is 10.6 Å². The van der Waals surface area contributed by atoms with Gasteiger partial charge < -0.3 is 14.5 Å². The molecule has 0 N–H and O–H groups in total. The summed E-state index contributed by atoms with van der Waals surface area (Å²) in [6, 6.07) is 7.55. The third-order valence-electron chi connectivity index (χ3n) is 6.69. The highest BCUT2D eigenvalue weighted by molar-refractivity contribution is 7.91. The maximum absolute atomic E-state index is 13.0. The number of ether oxygens (including phenoxy) is 1. The van der Waals surface area contributed by atoms with Crippen LogP contribution in [0.1, 0.15) is 34.5 Å². The topological polar surface area (TPSA) is 84.0 Å². The molecule has 2 aliphatic heterocycles. The van der Waals surface area contributed by atoms with Crippen molar-refractivity contribution in [3.63, 3.8) is 0 Å². The summed E-state index contributed by atoms with van der Waals surface area (Å²) in [4.78, 5) is 29.8. The van der Waals surface area contributed by atoms with Crippen molar-refractivity contribution in [1.29, 1.82) is 0 Å². The van der Waals surface area contributed by atoms with Crippen molar-refractivity contribution in [2.45, 2.75) is 30.6 Å². The maximum atomic E-state index is 13.0. The number of hydrogen-bond acceptors (Lipinski definition) is 6. The van der Waals surface area contributed by atoms with Gasteiger partial charge in [-0.25, -0.2) is 8.42 Å². The van der Waals surface area contributed by atoms with E-state index in [2.05, 4.69) is 0 Å². The maximum Gasteiger partial charge on any atom is 0.265 e. The summed E-state index contributed by atoms with van der Waals surface area (Å²) >= 11 is 7.31. The lowest BCUT2D eigenvalue weighted by Gasteiger charge is -2.39. The van der Waals surface area contributed by atoms with Gasteiger partial charge in [0.05, 0.1) is 23.4 Å². The molecular formula is C23H27ClN2O5S2. The lowest BCUT2D eigenvalue weighted by atomic mass is 9.77. The monoisotopic (exact) mass is 510 g/mol. The second-order valence-electron chi connectivity index (χ2n) is 8.90. The van der Waals surface area contributed by atoms with E-state index in [4.69, 9.17) is 16.3 Å². The fraction of sp³-hybridized carbons (Fsp3) is 0.478. The first kappa shape index (κ1) is 24.0. The zero-order valence-corrected chi connectivity index (χ0v) is 21.1. The molecule has 2 saturated heterocycles. The van der Waals surface area contributed by atoms with Crippen LogP contribution in [0.4, 0.5) is 0 Å². The number of amides is 2. The average Bonchev–Trinajstić information content (AvgIpc) is 3.37. The van der Waals surface area contributed by atoms with E-state index in [0.717, 1.165) is 48.2 Å². The van der Waals surface area contributed by atoms with Gasteiger partial charge in [-0.05, 0) is 42.4 Å². The number of nitrogens with zero attached hydrogens (tertiary/aromatic N) is 2. The molecule has 0 aliphatic carbocycles. The Balaban J connectivity index is 1.35. The Morgan fingerprint density at radius 1 is 1.15 bits per heavy atom. The van der Waals surface area contributed by atoms with Crippen molar-refractivity contribution in [2.75, 3.05) is 39.5 Å². The van der Waals surface area contributed by atoms with Gasteiger partial charge in [-0.2, -0.15) is 0 Å². The van der Waals surface area contributed by atoms with Crippen LogP contribution in [0.15, 0.2) is 34.5 Å². The van der Waals surface area contributed by atoms with Gasteiger partial charge >= 0.3 is 0 Å². The molecule has 7 nitrogen and oxygen atoms in total. The third kappa shape index (κ3) is 5.05. The molecule has 10 heteroatoms. The van der Waals surface area contributed by atoms with Gasteiger partial charge in [0.15, 0.2) is 9.84 Å². The van der Waals surface area contributed by atoms with Gasteiger partial charge in [-0.3, -0.25) is 9.59 Å². The molecule has 1 spiro atoms. The Bertz CT molecular complexity index is 1170. The lowest BCUT2D eigenvalue weighted by Crippen LogP contribution is -2.45. The minimum Gasteiger partial charge on any atom is -0.497 e. The molecule has 0 radical (unpaired) electrons. The molecule has 0 bridgehead atoms. The van der Waals surface area contributed by atoms with Crippen molar-refractivity contribution in [3.05, 3.63) is 45.1 Å². The molecule has 3 heterocycles. The molecule has 2 aromatic rings.